The molecule has 0 heterocycles. The van der Waals surface area contributed by atoms with Gasteiger partial charge < -0.3 is 20.6 Å². The maximum Gasteiger partial charge on any atom is 0.326 e. The first-order valence-corrected chi connectivity index (χ1v) is 7.01. The van der Waals surface area contributed by atoms with E-state index in [9.17, 15) is 19.2 Å². The Morgan fingerprint density at radius 3 is 2.09 bits per heavy atom. The maximum absolute atomic E-state index is 12.1. The smallest absolute Gasteiger partial charge is 0.326 e. The zero-order valence-electron chi connectivity index (χ0n) is 13.7. The molecule has 0 aliphatic rings. The van der Waals surface area contributed by atoms with Crippen LogP contribution in [0.25, 0.3) is 0 Å². The summed E-state index contributed by atoms with van der Waals surface area (Å²) in [6.07, 6.45) is 0. The van der Waals surface area contributed by atoms with E-state index in [0.717, 1.165) is 4.90 Å². The van der Waals surface area contributed by atoms with Crippen LogP contribution in [0.1, 0.15) is 34.6 Å². The van der Waals surface area contributed by atoms with E-state index in [-0.39, 0.29) is 31.4 Å². The zero-order chi connectivity index (χ0) is 17.5. The lowest BCUT2D eigenvalue weighted by Crippen LogP contribution is -2.51. The van der Waals surface area contributed by atoms with Crippen LogP contribution in [0.5, 0.6) is 0 Å². The molecule has 3 N–H and O–H groups in total. The Morgan fingerprint density at radius 2 is 1.68 bits per heavy atom. The summed E-state index contributed by atoms with van der Waals surface area (Å²) in [5.74, 6) is -2.24. The second-order valence-corrected chi connectivity index (χ2v) is 6.02. The molecule has 0 radical (unpaired) electrons. The summed E-state index contributed by atoms with van der Waals surface area (Å²) in [5.41, 5.74) is -0.639. The van der Waals surface area contributed by atoms with Crippen molar-refractivity contribution < 1.29 is 24.3 Å². The third-order valence-electron chi connectivity index (χ3n) is 2.95. The van der Waals surface area contributed by atoms with Crippen LogP contribution in [-0.2, 0) is 19.2 Å². The Morgan fingerprint density at radius 1 is 1.14 bits per heavy atom. The number of amides is 3. The minimum atomic E-state index is -1.15. The second-order valence-electron chi connectivity index (χ2n) is 6.02. The van der Waals surface area contributed by atoms with E-state index in [1.54, 1.807) is 20.8 Å². The maximum atomic E-state index is 12.1. The Labute approximate surface area is 130 Å². The monoisotopic (exact) mass is 315 g/mol. The standard InChI is InChI=1S/C14H25N3O5/c1-9(12(20)21)17(7-6-15-10(2)18)11(19)8-16-13(22)14(3,4)5/h9H,6-8H2,1-5H3,(H,15,18)(H,16,22)(H,20,21). The largest absolute Gasteiger partial charge is 0.480 e. The van der Waals surface area contributed by atoms with Gasteiger partial charge in [0.1, 0.15) is 6.04 Å². The Bertz CT molecular complexity index is 442. The van der Waals surface area contributed by atoms with Crippen molar-refractivity contribution in [2.24, 2.45) is 5.41 Å². The van der Waals surface area contributed by atoms with Gasteiger partial charge in [0.2, 0.25) is 17.7 Å². The quantitative estimate of drug-likeness (QED) is 0.590. The van der Waals surface area contributed by atoms with Gasteiger partial charge in [-0.3, -0.25) is 14.4 Å². The zero-order valence-corrected chi connectivity index (χ0v) is 13.7. The molecular formula is C14H25N3O5. The van der Waals surface area contributed by atoms with Crippen LogP contribution in [-0.4, -0.2) is 59.4 Å². The van der Waals surface area contributed by atoms with Crippen LogP contribution in [0.15, 0.2) is 0 Å². The predicted molar refractivity (Wildman–Crippen MR) is 80.0 cm³/mol. The molecule has 0 aliphatic heterocycles. The van der Waals surface area contributed by atoms with Crippen molar-refractivity contribution in [1.29, 1.82) is 0 Å². The van der Waals surface area contributed by atoms with Gasteiger partial charge in [0.05, 0.1) is 6.54 Å². The topological polar surface area (TPSA) is 116 Å². The number of nitrogens with one attached hydrogen (secondary N) is 2. The summed E-state index contributed by atoms with van der Waals surface area (Å²) in [6, 6.07) is -1.05. The molecule has 0 saturated heterocycles. The second kappa shape index (κ2) is 8.35. The van der Waals surface area contributed by atoms with Gasteiger partial charge in [0, 0.05) is 25.4 Å². The highest BCUT2D eigenvalue weighted by Gasteiger charge is 2.27. The van der Waals surface area contributed by atoms with Crippen molar-refractivity contribution in [2.75, 3.05) is 19.6 Å². The lowest BCUT2D eigenvalue weighted by molar-refractivity contribution is -0.149. The fourth-order valence-electron chi connectivity index (χ4n) is 1.54. The summed E-state index contributed by atoms with van der Waals surface area (Å²) in [6.45, 7) is 7.75. The van der Waals surface area contributed by atoms with Crippen molar-refractivity contribution in [3.05, 3.63) is 0 Å². The highest BCUT2D eigenvalue weighted by molar-refractivity contribution is 5.89. The molecule has 0 rings (SSSR count). The van der Waals surface area contributed by atoms with Crippen molar-refractivity contribution in [1.82, 2.24) is 15.5 Å². The number of carboxylic acids is 1. The molecule has 0 aromatic rings. The van der Waals surface area contributed by atoms with Crippen LogP contribution < -0.4 is 10.6 Å². The molecule has 0 bridgehead atoms. The molecule has 0 aliphatic carbocycles. The SMILES string of the molecule is CC(=O)NCCN(C(=O)CNC(=O)C(C)(C)C)C(C)C(=O)O. The van der Waals surface area contributed by atoms with Gasteiger partial charge in [0.25, 0.3) is 0 Å². The molecule has 22 heavy (non-hydrogen) atoms. The van der Waals surface area contributed by atoms with E-state index in [0.29, 0.717) is 0 Å². The van der Waals surface area contributed by atoms with Crippen molar-refractivity contribution >= 4 is 23.7 Å². The molecule has 0 aromatic heterocycles. The average molecular weight is 315 g/mol. The van der Waals surface area contributed by atoms with Crippen LogP contribution in [0, 0.1) is 5.41 Å². The molecule has 8 heteroatoms. The molecule has 0 spiro atoms. The van der Waals surface area contributed by atoms with Crippen molar-refractivity contribution in [3.8, 4) is 0 Å². The van der Waals surface area contributed by atoms with Crippen LogP contribution in [0.4, 0.5) is 0 Å². The lowest BCUT2D eigenvalue weighted by Gasteiger charge is -2.27. The Hall–Kier alpha value is -2.12. The van der Waals surface area contributed by atoms with Crippen molar-refractivity contribution in [3.63, 3.8) is 0 Å². The van der Waals surface area contributed by atoms with Gasteiger partial charge in [-0.05, 0) is 6.92 Å². The first kappa shape index (κ1) is 19.9. The number of rotatable bonds is 7. The summed E-state index contributed by atoms with van der Waals surface area (Å²) in [4.78, 5) is 46.9. The number of carbonyl (C=O) groups excluding carboxylic acids is 3. The minimum absolute atomic E-state index is 0.0528. The Balaban J connectivity index is 4.72. The summed E-state index contributed by atoms with van der Waals surface area (Å²) in [5, 5.41) is 14.0. The number of hydrogen-bond donors (Lipinski definition) is 3. The van der Waals surface area contributed by atoms with E-state index >= 15 is 0 Å². The molecule has 0 aromatic carbocycles. The molecule has 1 atom stereocenters. The number of aliphatic carboxylic acids is 1. The first-order valence-electron chi connectivity index (χ1n) is 7.01. The molecule has 8 nitrogen and oxygen atoms in total. The molecule has 0 fully saturated rings. The van der Waals surface area contributed by atoms with Crippen LogP contribution >= 0.6 is 0 Å². The minimum Gasteiger partial charge on any atom is -0.480 e. The van der Waals surface area contributed by atoms with Gasteiger partial charge in [-0.15, -0.1) is 0 Å². The molecule has 0 saturated carbocycles. The average Bonchev–Trinajstić information content (AvgIpc) is 2.38. The van der Waals surface area contributed by atoms with Crippen LogP contribution in [0.3, 0.4) is 0 Å². The number of carbonyl (C=O) groups is 4. The molecule has 1 unspecified atom stereocenters. The first-order chi connectivity index (χ1) is 9.96. The van der Waals surface area contributed by atoms with E-state index in [1.807, 2.05) is 0 Å². The number of nitrogens with zero attached hydrogens (tertiary/aromatic N) is 1. The lowest BCUT2D eigenvalue weighted by atomic mass is 9.96. The fraction of sp³-hybridized carbons (Fsp3) is 0.714. The van der Waals surface area contributed by atoms with E-state index in [1.165, 1.54) is 13.8 Å². The van der Waals surface area contributed by atoms with Gasteiger partial charge in [-0.25, -0.2) is 4.79 Å². The Kier molecular flexibility index (Phi) is 7.55. The predicted octanol–water partition coefficient (Wildman–Crippen LogP) is -0.413. The van der Waals surface area contributed by atoms with Gasteiger partial charge >= 0.3 is 5.97 Å². The van der Waals surface area contributed by atoms with E-state index < -0.39 is 23.3 Å². The number of hydrogen-bond acceptors (Lipinski definition) is 4. The highest BCUT2D eigenvalue weighted by Crippen LogP contribution is 2.12. The molecule has 126 valence electrons. The molecular weight excluding hydrogens is 290 g/mol. The van der Waals surface area contributed by atoms with Gasteiger partial charge in [-0.2, -0.15) is 0 Å². The van der Waals surface area contributed by atoms with Crippen molar-refractivity contribution in [2.45, 2.75) is 40.7 Å². The molecule has 3 amide bonds. The van der Waals surface area contributed by atoms with Gasteiger partial charge in [0.15, 0.2) is 0 Å². The van der Waals surface area contributed by atoms with E-state index in [2.05, 4.69) is 10.6 Å². The summed E-state index contributed by atoms with van der Waals surface area (Å²) < 4.78 is 0. The summed E-state index contributed by atoms with van der Waals surface area (Å²) in [7, 11) is 0. The van der Waals surface area contributed by atoms with Gasteiger partial charge in [-0.1, -0.05) is 20.8 Å². The number of carboxylic acid groups (broad SMARTS) is 1. The fourth-order valence-corrected chi connectivity index (χ4v) is 1.54. The normalized spacial score (nSPS) is 12.2. The third kappa shape index (κ3) is 7.05. The van der Waals surface area contributed by atoms with Crippen LogP contribution in [0.2, 0.25) is 0 Å². The summed E-state index contributed by atoms with van der Waals surface area (Å²) >= 11 is 0. The highest BCUT2D eigenvalue weighted by atomic mass is 16.4. The van der Waals surface area contributed by atoms with E-state index in [4.69, 9.17) is 5.11 Å². The third-order valence-corrected chi connectivity index (χ3v) is 2.95.